The molecule has 172 valence electrons. The number of fused-ring (bicyclic) bond motifs is 2. The van der Waals surface area contributed by atoms with Crippen molar-refractivity contribution in [2.45, 2.75) is 31.7 Å². The fourth-order valence-electron chi connectivity index (χ4n) is 4.29. The average molecular weight is 458 g/mol. The van der Waals surface area contributed by atoms with Gasteiger partial charge in [0.25, 0.3) is 0 Å². The van der Waals surface area contributed by atoms with Crippen molar-refractivity contribution in [1.29, 1.82) is 0 Å². The molecule has 2 aliphatic heterocycles. The molecule has 5 nitrogen and oxygen atoms in total. The first-order valence-corrected chi connectivity index (χ1v) is 10.4. The first kappa shape index (κ1) is 21.5. The van der Waals surface area contributed by atoms with Crippen LogP contribution in [0.2, 0.25) is 0 Å². The highest BCUT2D eigenvalue weighted by molar-refractivity contribution is 5.58. The minimum Gasteiger partial charge on any atom is -0.462 e. The number of hydrogen-bond acceptors (Lipinski definition) is 5. The minimum absolute atomic E-state index is 0.0645. The number of benzene rings is 3. The number of halogens is 3. The van der Waals surface area contributed by atoms with Gasteiger partial charge in [-0.2, -0.15) is 13.2 Å². The molecule has 33 heavy (non-hydrogen) atoms. The molecule has 0 radical (unpaired) electrons. The predicted molar refractivity (Wildman–Crippen MR) is 113 cm³/mol. The summed E-state index contributed by atoms with van der Waals surface area (Å²) in [6.45, 7) is 3.51. The van der Waals surface area contributed by atoms with E-state index >= 15 is 0 Å². The third kappa shape index (κ3) is 3.84. The maximum atomic E-state index is 13.2. The van der Waals surface area contributed by atoms with Gasteiger partial charge in [0, 0.05) is 36.0 Å². The molecule has 2 aliphatic rings. The van der Waals surface area contributed by atoms with Crippen LogP contribution in [0.1, 0.15) is 36.5 Å². The lowest BCUT2D eigenvalue weighted by molar-refractivity contribution is -0.171. The first-order chi connectivity index (χ1) is 15.6. The van der Waals surface area contributed by atoms with E-state index in [1.165, 1.54) is 12.1 Å². The molecule has 0 unspecified atom stereocenters. The molecule has 0 spiro atoms. The number of alkyl halides is 3. The maximum Gasteiger partial charge on any atom is 0.416 e. The van der Waals surface area contributed by atoms with Crippen LogP contribution in [0.3, 0.4) is 0 Å². The Balaban J connectivity index is 1.60. The van der Waals surface area contributed by atoms with Crippen molar-refractivity contribution >= 4 is 0 Å². The van der Waals surface area contributed by atoms with Gasteiger partial charge in [-0.15, -0.1) is 0 Å². The monoisotopic (exact) mass is 458 g/mol. The third-order valence-electron chi connectivity index (χ3n) is 6.14. The van der Waals surface area contributed by atoms with Crippen LogP contribution in [-0.4, -0.2) is 17.7 Å². The predicted octanol–water partition coefficient (Wildman–Crippen LogP) is 6.10. The van der Waals surface area contributed by atoms with Gasteiger partial charge in [-0.3, -0.25) is 0 Å². The highest BCUT2D eigenvalue weighted by atomic mass is 19.4. The van der Waals surface area contributed by atoms with E-state index in [1.54, 1.807) is 25.1 Å². The smallest absolute Gasteiger partial charge is 0.416 e. The molecule has 2 heterocycles. The van der Waals surface area contributed by atoms with E-state index in [2.05, 4.69) is 0 Å². The summed E-state index contributed by atoms with van der Waals surface area (Å²) < 4.78 is 62.3. The molecule has 0 aliphatic carbocycles. The summed E-state index contributed by atoms with van der Waals surface area (Å²) in [4.78, 5) is 0. The molecule has 3 aromatic carbocycles. The minimum atomic E-state index is -4.48. The Morgan fingerprint density at radius 3 is 2.42 bits per heavy atom. The topological polar surface area (TPSA) is 57.2 Å². The number of rotatable bonds is 3. The molecule has 3 atom stereocenters. The molecule has 0 saturated heterocycles. The molecule has 0 bridgehead atoms. The quantitative estimate of drug-likeness (QED) is 0.514. The molecule has 5 rings (SSSR count). The van der Waals surface area contributed by atoms with E-state index in [1.807, 2.05) is 25.1 Å². The van der Waals surface area contributed by atoms with Crippen LogP contribution in [0, 0.1) is 5.92 Å². The molecular weight excluding hydrogens is 437 g/mol. The second kappa shape index (κ2) is 7.59. The summed E-state index contributed by atoms with van der Waals surface area (Å²) in [7, 11) is 0. The Labute approximate surface area is 188 Å². The van der Waals surface area contributed by atoms with Gasteiger partial charge in [0.2, 0.25) is 12.6 Å². The van der Waals surface area contributed by atoms with Crippen molar-refractivity contribution in [1.82, 2.24) is 0 Å². The van der Waals surface area contributed by atoms with Gasteiger partial charge in [-0.25, -0.2) is 0 Å². The fourth-order valence-corrected chi connectivity index (χ4v) is 4.29. The molecular formula is C25H21F3O5. The van der Waals surface area contributed by atoms with E-state index in [0.29, 0.717) is 28.6 Å². The molecule has 0 amide bonds. The van der Waals surface area contributed by atoms with Crippen molar-refractivity contribution in [3.63, 3.8) is 0 Å². The zero-order valence-corrected chi connectivity index (χ0v) is 17.8. The molecule has 3 aromatic rings. The van der Waals surface area contributed by atoms with Crippen molar-refractivity contribution in [2.75, 3.05) is 6.79 Å². The Kier molecular flexibility index (Phi) is 4.93. The van der Waals surface area contributed by atoms with E-state index in [4.69, 9.17) is 18.9 Å². The van der Waals surface area contributed by atoms with Crippen LogP contribution in [0.4, 0.5) is 13.2 Å². The lowest BCUT2D eigenvalue weighted by Gasteiger charge is -2.42. The highest BCUT2D eigenvalue weighted by Gasteiger charge is 2.45. The van der Waals surface area contributed by atoms with E-state index in [9.17, 15) is 18.3 Å². The Morgan fingerprint density at radius 2 is 1.67 bits per heavy atom. The first-order valence-electron chi connectivity index (χ1n) is 10.4. The standard InChI is InChI=1S/C25H21F3O5/c1-14-23(18-11-21-22(31-13-30-21)12-20(18)33-24(14,2)29)17-8-3-4-9-19(17)32-16-7-5-6-15(10-16)25(26,27)28/h3-12,14,23,29H,13H2,1-2H3/t14-,23-,24-/m1/s1. The van der Waals surface area contributed by atoms with Crippen molar-refractivity contribution < 1.29 is 37.2 Å². The van der Waals surface area contributed by atoms with Crippen LogP contribution >= 0.6 is 0 Å². The number of aliphatic hydroxyl groups is 1. The van der Waals surface area contributed by atoms with Crippen LogP contribution in [-0.2, 0) is 6.18 Å². The number of hydrogen-bond donors (Lipinski definition) is 1. The Morgan fingerprint density at radius 1 is 0.939 bits per heavy atom. The van der Waals surface area contributed by atoms with Gasteiger partial charge in [-0.1, -0.05) is 31.2 Å². The largest absolute Gasteiger partial charge is 0.462 e. The summed E-state index contributed by atoms with van der Waals surface area (Å²) in [5.41, 5.74) is 0.669. The van der Waals surface area contributed by atoms with Crippen molar-refractivity contribution in [3.05, 3.63) is 77.4 Å². The van der Waals surface area contributed by atoms with Gasteiger partial charge in [0.1, 0.15) is 17.2 Å². The molecule has 1 N–H and O–H groups in total. The molecule has 0 fully saturated rings. The molecule has 0 aromatic heterocycles. The second-order valence-corrected chi connectivity index (χ2v) is 8.33. The fraction of sp³-hybridized carbons (Fsp3) is 0.280. The second-order valence-electron chi connectivity index (χ2n) is 8.33. The van der Waals surface area contributed by atoms with Crippen LogP contribution in [0.25, 0.3) is 0 Å². The van der Waals surface area contributed by atoms with Crippen LogP contribution in [0.15, 0.2) is 60.7 Å². The van der Waals surface area contributed by atoms with Gasteiger partial charge >= 0.3 is 6.18 Å². The number of ether oxygens (including phenoxy) is 4. The Hall–Kier alpha value is -3.39. The number of para-hydroxylation sites is 1. The molecule has 0 saturated carbocycles. The summed E-state index contributed by atoms with van der Waals surface area (Å²) in [5.74, 6) is -0.337. The SMILES string of the molecule is C[C@@H]1[C@H](c2ccccc2Oc2cccc(C(F)(F)F)c2)c2cc3c(cc2O[C@@]1(C)O)OCO3. The summed E-state index contributed by atoms with van der Waals surface area (Å²) in [6.07, 6.45) is -4.48. The van der Waals surface area contributed by atoms with Gasteiger partial charge in [0.05, 0.1) is 5.56 Å². The van der Waals surface area contributed by atoms with E-state index in [0.717, 1.165) is 17.7 Å². The molecule has 8 heteroatoms. The third-order valence-corrected chi connectivity index (χ3v) is 6.14. The summed E-state index contributed by atoms with van der Waals surface area (Å²) in [6, 6.07) is 15.3. The van der Waals surface area contributed by atoms with Crippen molar-refractivity contribution in [2.24, 2.45) is 5.92 Å². The lowest BCUT2D eigenvalue weighted by atomic mass is 9.75. The van der Waals surface area contributed by atoms with Gasteiger partial charge in [0.15, 0.2) is 11.5 Å². The zero-order valence-electron chi connectivity index (χ0n) is 17.8. The lowest BCUT2D eigenvalue weighted by Crippen LogP contribution is -2.45. The Bertz CT molecular complexity index is 1200. The zero-order chi connectivity index (χ0) is 23.4. The van der Waals surface area contributed by atoms with E-state index in [-0.39, 0.29) is 18.5 Å². The normalized spacial score (nSPS) is 23.6. The average Bonchev–Trinajstić information content (AvgIpc) is 3.21. The van der Waals surface area contributed by atoms with Gasteiger partial charge < -0.3 is 24.1 Å². The van der Waals surface area contributed by atoms with Crippen LogP contribution in [0.5, 0.6) is 28.7 Å². The highest BCUT2D eigenvalue weighted by Crippen LogP contribution is 2.53. The van der Waals surface area contributed by atoms with Crippen molar-refractivity contribution in [3.8, 4) is 28.7 Å². The summed E-state index contributed by atoms with van der Waals surface area (Å²) in [5, 5.41) is 11.0. The van der Waals surface area contributed by atoms with Gasteiger partial charge in [-0.05, 0) is 30.3 Å². The summed E-state index contributed by atoms with van der Waals surface area (Å²) >= 11 is 0. The van der Waals surface area contributed by atoms with Crippen LogP contribution < -0.4 is 18.9 Å². The maximum absolute atomic E-state index is 13.2. The van der Waals surface area contributed by atoms with E-state index < -0.39 is 23.4 Å².